The highest BCUT2D eigenvalue weighted by atomic mass is 32.2. The second-order valence-corrected chi connectivity index (χ2v) is 8.23. The minimum Gasteiger partial charge on any atom is -0.383 e. The molecule has 0 fully saturated rings. The lowest BCUT2D eigenvalue weighted by molar-refractivity contribution is -0.384. The largest absolute Gasteiger partial charge is 0.383 e. The first-order valence-electron chi connectivity index (χ1n) is 9.01. The number of sulfonamides is 1. The third-order valence-corrected chi connectivity index (χ3v) is 5.73. The summed E-state index contributed by atoms with van der Waals surface area (Å²) in [5.41, 5.74) is 2.19. The van der Waals surface area contributed by atoms with Crippen molar-refractivity contribution in [1.82, 2.24) is 10.0 Å². The van der Waals surface area contributed by atoms with Gasteiger partial charge in [-0.1, -0.05) is 12.1 Å². The first-order chi connectivity index (χ1) is 13.7. The van der Waals surface area contributed by atoms with Crippen LogP contribution >= 0.6 is 0 Å². The van der Waals surface area contributed by atoms with Crippen LogP contribution in [0.25, 0.3) is 0 Å². The summed E-state index contributed by atoms with van der Waals surface area (Å²) in [7, 11) is -3.67. The summed E-state index contributed by atoms with van der Waals surface area (Å²) in [5.74, 6) is -0.279. The molecule has 0 radical (unpaired) electrons. The summed E-state index contributed by atoms with van der Waals surface area (Å²) in [4.78, 5) is 22.2. The number of nitro groups is 1. The number of amides is 1. The average Bonchev–Trinajstić information content (AvgIpc) is 2.67. The van der Waals surface area contributed by atoms with Gasteiger partial charge in [0, 0.05) is 43.9 Å². The van der Waals surface area contributed by atoms with Crippen LogP contribution in [0, 0.1) is 24.0 Å². The van der Waals surface area contributed by atoms with Crippen molar-refractivity contribution < 1.29 is 18.1 Å². The molecule has 10 heteroatoms. The van der Waals surface area contributed by atoms with E-state index < -0.39 is 14.9 Å². The van der Waals surface area contributed by atoms with Crippen LogP contribution in [0.5, 0.6) is 0 Å². The smallest absolute Gasteiger partial charge is 0.269 e. The van der Waals surface area contributed by atoms with E-state index in [4.69, 9.17) is 0 Å². The Labute approximate surface area is 169 Å². The van der Waals surface area contributed by atoms with E-state index in [0.717, 1.165) is 5.56 Å². The van der Waals surface area contributed by atoms with Crippen LogP contribution in [0.15, 0.2) is 47.4 Å². The van der Waals surface area contributed by atoms with Gasteiger partial charge in [0.25, 0.3) is 5.69 Å². The van der Waals surface area contributed by atoms with Crippen molar-refractivity contribution in [3.63, 3.8) is 0 Å². The molecule has 3 N–H and O–H groups in total. The standard InChI is InChI=1S/C19H24N4O5S/c1-14-3-4-15(2)18(13-14)29(27,28)22-10-9-19(24)21-12-11-20-16-5-7-17(8-6-16)23(25)26/h3-8,13,20,22H,9-12H2,1-2H3,(H,21,24). The number of carbonyl (C=O) groups excluding carboxylic acids is 1. The van der Waals surface area contributed by atoms with Gasteiger partial charge >= 0.3 is 0 Å². The predicted octanol–water partition coefficient (Wildman–Crippen LogP) is 2.11. The molecule has 29 heavy (non-hydrogen) atoms. The fourth-order valence-corrected chi connectivity index (χ4v) is 3.93. The Kier molecular flexibility index (Phi) is 7.68. The lowest BCUT2D eigenvalue weighted by Gasteiger charge is -2.11. The molecule has 0 spiro atoms. The van der Waals surface area contributed by atoms with E-state index in [1.54, 1.807) is 31.2 Å². The maximum Gasteiger partial charge on any atom is 0.269 e. The van der Waals surface area contributed by atoms with Crippen molar-refractivity contribution in [1.29, 1.82) is 0 Å². The van der Waals surface area contributed by atoms with Gasteiger partial charge in [-0.3, -0.25) is 14.9 Å². The minimum atomic E-state index is -3.67. The Hall–Kier alpha value is -2.98. The Balaban J connectivity index is 1.70. The van der Waals surface area contributed by atoms with Crippen LogP contribution in [0.3, 0.4) is 0 Å². The van der Waals surface area contributed by atoms with E-state index in [2.05, 4.69) is 15.4 Å². The molecule has 2 rings (SSSR count). The van der Waals surface area contributed by atoms with Gasteiger partial charge in [0.15, 0.2) is 0 Å². The molecule has 9 nitrogen and oxygen atoms in total. The van der Waals surface area contributed by atoms with Crippen LogP contribution in [-0.2, 0) is 14.8 Å². The second kappa shape index (κ2) is 9.99. The van der Waals surface area contributed by atoms with Crippen molar-refractivity contribution in [2.45, 2.75) is 25.2 Å². The fraction of sp³-hybridized carbons (Fsp3) is 0.316. The van der Waals surface area contributed by atoms with Crippen LogP contribution in [0.1, 0.15) is 17.5 Å². The maximum absolute atomic E-state index is 12.4. The summed E-state index contributed by atoms with van der Waals surface area (Å²) in [6.07, 6.45) is 0.0155. The van der Waals surface area contributed by atoms with Crippen molar-refractivity contribution in [2.75, 3.05) is 25.0 Å². The Morgan fingerprint density at radius 2 is 1.72 bits per heavy atom. The molecular formula is C19H24N4O5S. The number of aryl methyl sites for hydroxylation is 2. The molecule has 0 bridgehead atoms. The van der Waals surface area contributed by atoms with Gasteiger partial charge in [0.05, 0.1) is 9.82 Å². The molecule has 0 saturated carbocycles. The third kappa shape index (κ3) is 6.84. The zero-order valence-electron chi connectivity index (χ0n) is 16.3. The number of rotatable bonds is 10. The van der Waals surface area contributed by atoms with E-state index >= 15 is 0 Å². The van der Waals surface area contributed by atoms with E-state index in [-0.39, 0.29) is 29.5 Å². The van der Waals surface area contributed by atoms with Crippen molar-refractivity contribution in [2.24, 2.45) is 0 Å². The highest BCUT2D eigenvalue weighted by Crippen LogP contribution is 2.16. The molecule has 0 aromatic heterocycles. The maximum atomic E-state index is 12.4. The first kappa shape index (κ1) is 22.3. The van der Waals surface area contributed by atoms with Gasteiger partial charge in [0.2, 0.25) is 15.9 Å². The molecule has 0 aliphatic heterocycles. The first-order valence-corrected chi connectivity index (χ1v) is 10.5. The Morgan fingerprint density at radius 1 is 1.03 bits per heavy atom. The SMILES string of the molecule is Cc1ccc(C)c(S(=O)(=O)NCCC(=O)NCCNc2ccc([N+](=O)[O-])cc2)c1. The van der Waals surface area contributed by atoms with Crippen LogP contribution in [0.4, 0.5) is 11.4 Å². The fourth-order valence-electron chi connectivity index (χ4n) is 2.57. The van der Waals surface area contributed by atoms with Crippen molar-refractivity contribution in [3.8, 4) is 0 Å². The topological polar surface area (TPSA) is 130 Å². The Morgan fingerprint density at radius 3 is 2.38 bits per heavy atom. The van der Waals surface area contributed by atoms with E-state index in [1.807, 2.05) is 13.0 Å². The van der Waals surface area contributed by atoms with E-state index in [0.29, 0.717) is 24.3 Å². The summed E-state index contributed by atoms with van der Waals surface area (Å²) in [6, 6.07) is 11.1. The molecule has 2 aromatic carbocycles. The van der Waals surface area contributed by atoms with Gasteiger partial charge in [-0.25, -0.2) is 13.1 Å². The number of benzene rings is 2. The number of nitrogens with zero attached hydrogens (tertiary/aromatic N) is 1. The van der Waals surface area contributed by atoms with Gasteiger partial charge < -0.3 is 10.6 Å². The zero-order valence-corrected chi connectivity index (χ0v) is 17.1. The van der Waals surface area contributed by atoms with Gasteiger partial charge in [-0.05, 0) is 43.2 Å². The van der Waals surface area contributed by atoms with Crippen molar-refractivity contribution >= 4 is 27.3 Å². The van der Waals surface area contributed by atoms with Crippen LogP contribution < -0.4 is 15.4 Å². The summed E-state index contributed by atoms with van der Waals surface area (Å²) >= 11 is 0. The number of hydrogen-bond acceptors (Lipinski definition) is 6. The molecule has 0 aliphatic rings. The minimum absolute atomic E-state index is 0.00265. The Bertz CT molecular complexity index is 975. The quantitative estimate of drug-likeness (QED) is 0.307. The summed E-state index contributed by atoms with van der Waals surface area (Å²) in [6.45, 7) is 4.30. The molecule has 0 saturated heterocycles. The molecule has 0 aliphatic carbocycles. The average molecular weight is 420 g/mol. The lowest BCUT2D eigenvalue weighted by atomic mass is 10.2. The number of nitro benzene ring substituents is 1. The second-order valence-electron chi connectivity index (χ2n) is 6.50. The monoisotopic (exact) mass is 420 g/mol. The van der Waals surface area contributed by atoms with Gasteiger partial charge in [-0.15, -0.1) is 0 Å². The molecular weight excluding hydrogens is 396 g/mol. The number of hydrogen-bond donors (Lipinski definition) is 3. The number of anilines is 1. The molecule has 0 heterocycles. The predicted molar refractivity (Wildman–Crippen MR) is 110 cm³/mol. The normalized spacial score (nSPS) is 11.1. The van der Waals surface area contributed by atoms with Crippen LogP contribution in [-0.4, -0.2) is 38.9 Å². The van der Waals surface area contributed by atoms with Gasteiger partial charge in [0.1, 0.15) is 0 Å². The number of nitrogens with one attached hydrogen (secondary N) is 3. The van der Waals surface area contributed by atoms with Crippen molar-refractivity contribution in [3.05, 3.63) is 63.7 Å². The highest BCUT2D eigenvalue weighted by molar-refractivity contribution is 7.89. The molecule has 1 amide bonds. The number of non-ortho nitro benzene ring substituents is 1. The molecule has 0 unspecified atom stereocenters. The summed E-state index contributed by atoms with van der Waals surface area (Å²) < 4.78 is 27.2. The van der Waals surface area contributed by atoms with Gasteiger partial charge in [-0.2, -0.15) is 0 Å². The molecule has 2 aromatic rings. The summed E-state index contributed by atoms with van der Waals surface area (Å²) in [5, 5.41) is 16.3. The lowest BCUT2D eigenvalue weighted by Crippen LogP contribution is -2.33. The van der Waals surface area contributed by atoms with E-state index in [9.17, 15) is 23.3 Å². The van der Waals surface area contributed by atoms with E-state index in [1.165, 1.54) is 12.1 Å². The zero-order chi connectivity index (χ0) is 21.4. The molecule has 156 valence electrons. The highest BCUT2D eigenvalue weighted by Gasteiger charge is 2.16. The number of carbonyl (C=O) groups is 1. The molecule has 0 atom stereocenters. The third-order valence-electron chi connectivity index (χ3n) is 4.13. The van der Waals surface area contributed by atoms with Crippen LogP contribution in [0.2, 0.25) is 0 Å².